The van der Waals surface area contributed by atoms with Gasteiger partial charge in [-0.15, -0.1) is 11.3 Å². The summed E-state index contributed by atoms with van der Waals surface area (Å²) in [7, 11) is 1.43. The number of carbonyl (C=O) groups is 2. The van der Waals surface area contributed by atoms with Crippen LogP contribution in [0.1, 0.15) is 43.0 Å². The van der Waals surface area contributed by atoms with E-state index in [-0.39, 0.29) is 35.9 Å². The van der Waals surface area contributed by atoms with E-state index in [1.807, 2.05) is 37.4 Å². The van der Waals surface area contributed by atoms with Gasteiger partial charge in [0.05, 0.1) is 28.2 Å². The number of likely N-dealkylation sites (tertiary alicyclic amines) is 1. The average molecular weight is 578 g/mol. The minimum Gasteiger partial charge on any atom is -0.468 e. The lowest BCUT2D eigenvalue weighted by Crippen LogP contribution is -2.36. The van der Waals surface area contributed by atoms with Gasteiger partial charge in [-0.1, -0.05) is 6.07 Å². The third-order valence-electron chi connectivity index (χ3n) is 7.36. The number of nitrogens with zero attached hydrogens (tertiary/aromatic N) is 2. The molecule has 11 heteroatoms. The Bertz CT molecular complexity index is 1490. The number of pyridine rings is 1. The number of carbonyl (C=O) groups excluding carboxylic acids is 2. The van der Waals surface area contributed by atoms with Gasteiger partial charge in [0, 0.05) is 36.6 Å². The van der Waals surface area contributed by atoms with Crippen LogP contribution in [0, 0.1) is 5.82 Å². The lowest BCUT2D eigenvalue weighted by molar-refractivity contribution is -0.146. The van der Waals surface area contributed by atoms with E-state index >= 15 is 0 Å². The number of amides is 2. The molecule has 1 saturated heterocycles. The van der Waals surface area contributed by atoms with Crippen molar-refractivity contribution < 1.29 is 23.5 Å². The molecule has 6 rings (SSSR count). The Morgan fingerprint density at radius 3 is 2.78 bits per heavy atom. The number of hydrogen-bond acceptors (Lipinski definition) is 8. The third kappa shape index (κ3) is 6.20. The van der Waals surface area contributed by atoms with Crippen LogP contribution in [0.2, 0.25) is 0 Å². The van der Waals surface area contributed by atoms with Crippen LogP contribution in [0.25, 0.3) is 16.3 Å². The zero-order valence-electron chi connectivity index (χ0n) is 22.9. The fraction of sp³-hybridized carbons (Fsp3) is 0.367. The lowest BCUT2D eigenvalue weighted by Gasteiger charge is -2.22. The molecular formula is C30H32FN5O4S. The molecule has 3 N–H and O–H groups in total. The standard InChI is InChI=1S/C30H32FN5O4S/c1-17-12-26(40-25-10-8-20(13-21(25)31)35-30(38)34-19-6-7-19)28-23(33-17)14-27(41-28)22-9-5-18(15-32-22)16-36-11-3-4-24(36)29(37)39-2/h5,8-10,12-15,17,19,24,33H,3-4,6-7,11,16H2,1-2H3,(H2,34,35,38)/t17?,24-/m0/s1. The first-order chi connectivity index (χ1) is 19.9. The Balaban J connectivity index is 1.15. The zero-order chi connectivity index (χ0) is 28.5. The fourth-order valence-corrected chi connectivity index (χ4v) is 6.21. The van der Waals surface area contributed by atoms with Crippen LogP contribution in [-0.4, -0.2) is 53.7 Å². The molecule has 1 aromatic carbocycles. The molecule has 214 valence electrons. The Kier molecular flexibility index (Phi) is 7.63. The summed E-state index contributed by atoms with van der Waals surface area (Å²) in [6.07, 6.45) is 7.49. The molecule has 0 bridgehead atoms. The van der Waals surface area contributed by atoms with Gasteiger partial charge in [-0.3, -0.25) is 14.7 Å². The molecule has 0 spiro atoms. The number of fused-ring (bicyclic) bond motifs is 1. The molecule has 2 aromatic heterocycles. The topological polar surface area (TPSA) is 105 Å². The van der Waals surface area contributed by atoms with E-state index in [2.05, 4.69) is 20.9 Å². The Morgan fingerprint density at radius 1 is 1.20 bits per heavy atom. The molecule has 3 aliphatic rings. The quantitative estimate of drug-likeness (QED) is 0.299. The fourth-order valence-electron chi connectivity index (χ4n) is 5.15. The summed E-state index contributed by atoms with van der Waals surface area (Å²) in [6, 6.07) is 10.1. The van der Waals surface area contributed by atoms with Crippen molar-refractivity contribution in [1.82, 2.24) is 15.2 Å². The molecule has 4 heterocycles. The number of benzene rings is 1. The van der Waals surface area contributed by atoms with Crippen molar-refractivity contribution in [2.24, 2.45) is 0 Å². The number of halogens is 1. The van der Waals surface area contributed by atoms with Crippen molar-refractivity contribution in [3.05, 3.63) is 64.9 Å². The van der Waals surface area contributed by atoms with Gasteiger partial charge in [-0.25, -0.2) is 9.18 Å². The minimum absolute atomic E-state index is 0.0198. The zero-order valence-corrected chi connectivity index (χ0v) is 23.7. The van der Waals surface area contributed by atoms with Crippen LogP contribution in [0.5, 0.6) is 5.75 Å². The number of rotatable bonds is 8. The van der Waals surface area contributed by atoms with Crippen LogP contribution in [0.15, 0.2) is 48.7 Å². The normalized spacial score (nSPS) is 20.0. The average Bonchev–Trinajstić information content (AvgIpc) is 3.46. The molecule has 41 heavy (non-hydrogen) atoms. The van der Waals surface area contributed by atoms with Crippen molar-refractivity contribution in [2.45, 2.75) is 57.3 Å². The first-order valence-corrected chi connectivity index (χ1v) is 14.6. The SMILES string of the molecule is COC(=O)[C@@H]1CCCN1Cc1ccc(-c2cc3c(s2)C(Oc2ccc(NC(=O)NC4CC4)cc2F)=CC(C)N3)nc1. The van der Waals surface area contributed by atoms with E-state index in [0.717, 1.165) is 58.9 Å². The van der Waals surface area contributed by atoms with Crippen LogP contribution in [-0.2, 0) is 16.1 Å². The van der Waals surface area contributed by atoms with Crippen molar-refractivity contribution in [2.75, 3.05) is 24.3 Å². The number of thiophene rings is 1. The van der Waals surface area contributed by atoms with E-state index in [4.69, 9.17) is 14.5 Å². The second-order valence-corrected chi connectivity index (χ2v) is 11.7. The van der Waals surface area contributed by atoms with Gasteiger partial charge in [0.2, 0.25) is 0 Å². The Labute approximate surface area is 241 Å². The molecule has 1 aliphatic carbocycles. The van der Waals surface area contributed by atoms with Gasteiger partial charge in [-0.05, 0) is 75.1 Å². The van der Waals surface area contributed by atoms with Crippen LogP contribution in [0.3, 0.4) is 0 Å². The van der Waals surface area contributed by atoms with E-state index in [1.165, 1.54) is 30.6 Å². The van der Waals surface area contributed by atoms with Crippen LogP contribution < -0.4 is 20.7 Å². The molecule has 9 nitrogen and oxygen atoms in total. The molecular weight excluding hydrogens is 545 g/mol. The number of ether oxygens (including phenoxy) is 2. The highest BCUT2D eigenvalue weighted by Gasteiger charge is 2.31. The molecule has 0 radical (unpaired) electrons. The van der Waals surface area contributed by atoms with E-state index in [9.17, 15) is 14.0 Å². The molecule has 2 amide bonds. The number of esters is 1. The predicted molar refractivity (Wildman–Crippen MR) is 156 cm³/mol. The third-order valence-corrected chi connectivity index (χ3v) is 8.53. The molecule has 2 atom stereocenters. The second-order valence-electron chi connectivity index (χ2n) is 10.6. The maximum absolute atomic E-state index is 15.0. The second kappa shape index (κ2) is 11.5. The first-order valence-electron chi connectivity index (χ1n) is 13.8. The smallest absolute Gasteiger partial charge is 0.323 e. The van der Waals surface area contributed by atoms with Crippen LogP contribution in [0.4, 0.5) is 20.6 Å². The van der Waals surface area contributed by atoms with Crippen molar-refractivity contribution in [3.8, 4) is 16.3 Å². The number of methoxy groups -OCH3 is 1. The summed E-state index contributed by atoms with van der Waals surface area (Å²) in [5.74, 6) is -0.112. The minimum atomic E-state index is -0.565. The largest absolute Gasteiger partial charge is 0.468 e. The molecule has 3 aromatic rings. The number of hydrogen-bond donors (Lipinski definition) is 3. The van der Waals surface area contributed by atoms with Crippen molar-refractivity contribution in [3.63, 3.8) is 0 Å². The Hall–Kier alpha value is -3.96. The summed E-state index contributed by atoms with van der Waals surface area (Å²) < 4.78 is 26.0. The number of anilines is 2. The van der Waals surface area contributed by atoms with E-state index in [1.54, 1.807) is 6.07 Å². The lowest BCUT2D eigenvalue weighted by atomic mass is 10.1. The van der Waals surface area contributed by atoms with Crippen LogP contribution >= 0.6 is 11.3 Å². The summed E-state index contributed by atoms with van der Waals surface area (Å²) in [6.45, 7) is 3.49. The van der Waals surface area contributed by atoms with Gasteiger partial charge < -0.3 is 25.4 Å². The van der Waals surface area contributed by atoms with Crippen molar-refractivity contribution >= 4 is 40.5 Å². The highest BCUT2D eigenvalue weighted by atomic mass is 32.1. The summed E-state index contributed by atoms with van der Waals surface area (Å²) in [4.78, 5) is 32.7. The Morgan fingerprint density at radius 2 is 2.05 bits per heavy atom. The summed E-state index contributed by atoms with van der Waals surface area (Å²) in [5, 5.41) is 8.92. The maximum Gasteiger partial charge on any atom is 0.323 e. The molecule has 2 aliphatic heterocycles. The summed E-state index contributed by atoms with van der Waals surface area (Å²) >= 11 is 1.52. The summed E-state index contributed by atoms with van der Waals surface area (Å²) in [5.41, 5.74) is 3.10. The number of aromatic nitrogens is 1. The first kappa shape index (κ1) is 27.2. The molecule has 1 unspecified atom stereocenters. The van der Waals surface area contributed by atoms with E-state index < -0.39 is 5.82 Å². The highest BCUT2D eigenvalue weighted by molar-refractivity contribution is 7.17. The maximum atomic E-state index is 15.0. The van der Waals surface area contributed by atoms with E-state index in [0.29, 0.717) is 18.0 Å². The predicted octanol–water partition coefficient (Wildman–Crippen LogP) is 5.60. The molecule has 2 fully saturated rings. The van der Waals surface area contributed by atoms with Gasteiger partial charge in [-0.2, -0.15) is 0 Å². The molecule has 1 saturated carbocycles. The number of nitrogens with one attached hydrogen (secondary N) is 3. The monoisotopic (exact) mass is 577 g/mol. The van der Waals surface area contributed by atoms with Gasteiger partial charge in [0.15, 0.2) is 11.6 Å². The number of urea groups is 1. The van der Waals surface area contributed by atoms with Gasteiger partial charge in [0.25, 0.3) is 0 Å². The van der Waals surface area contributed by atoms with Gasteiger partial charge >= 0.3 is 12.0 Å². The van der Waals surface area contributed by atoms with Gasteiger partial charge in [0.1, 0.15) is 11.8 Å². The van der Waals surface area contributed by atoms with Crippen molar-refractivity contribution in [1.29, 1.82) is 0 Å². The highest BCUT2D eigenvalue weighted by Crippen LogP contribution is 2.42.